The van der Waals surface area contributed by atoms with Crippen molar-refractivity contribution in [3.63, 3.8) is 0 Å². The smallest absolute Gasteiger partial charge is 0.416 e. The zero-order valence-electron chi connectivity index (χ0n) is 9.38. The van der Waals surface area contributed by atoms with Crippen LogP contribution in [0.25, 0.3) is 0 Å². The first kappa shape index (κ1) is 14.1. The number of alkyl halides is 3. The van der Waals surface area contributed by atoms with Crippen LogP contribution in [0.4, 0.5) is 13.2 Å². The highest BCUT2D eigenvalue weighted by atomic mass is 35.5. The van der Waals surface area contributed by atoms with Crippen molar-refractivity contribution in [3.8, 4) is 5.88 Å². The Labute approximate surface area is 102 Å². The quantitative estimate of drug-likeness (QED) is 0.785. The number of aromatic nitrogens is 1. The molecule has 0 saturated heterocycles. The minimum Gasteiger partial charge on any atom is -0.476 e. The van der Waals surface area contributed by atoms with E-state index in [9.17, 15) is 13.2 Å². The van der Waals surface area contributed by atoms with Gasteiger partial charge in [0, 0.05) is 12.6 Å². The number of hydrogen-bond donors (Lipinski definition) is 0. The fourth-order valence-corrected chi connectivity index (χ4v) is 1.24. The molecule has 1 rings (SSSR count). The molecule has 0 N–H and O–H groups in total. The van der Waals surface area contributed by atoms with Crippen LogP contribution < -0.4 is 4.74 Å². The standard InChI is InChI=1S/C10H12ClF3N2O/c1-16(2)3-4-17-9-6-7(10(12,13)14)5-8(11)15-9/h5-6H,3-4H2,1-2H3. The molecule has 0 aromatic carbocycles. The van der Waals surface area contributed by atoms with Gasteiger partial charge in [-0.2, -0.15) is 13.2 Å². The molecule has 0 aliphatic rings. The van der Waals surface area contributed by atoms with Gasteiger partial charge in [0.05, 0.1) is 5.56 Å². The van der Waals surface area contributed by atoms with Gasteiger partial charge < -0.3 is 9.64 Å². The number of halogens is 4. The molecule has 0 atom stereocenters. The van der Waals surface area contributed by atoms with Crippen molar-refractivity contribution in [2.45, 2.75) is 6.18 Å². The summed E-state index contributed by atoms with van der Waals surface area (Å²) in [5.41, 5.74) is -0.864. The molecule has 96 valence electrons. The Hall–Kier alpha value is -1.01. The molecule has 0 saturated carbocycles. The van der Waals surface area contributed by atoms with Crippen LogP contribution in [-0.2, 0) is 6.18 Å². The number of ether oxygens (including phenoxy) is 1. The minimum atomic E-state index is -4.45. The number of rotatable bonds is 4. The average Bonchev–Trinajstić information content (AvgIpc) is 2.14. The third-order valence-electron chi connectivity index (χ3n) is 1.89. The Balaban J connectivity index is 2.76. The molecule has 1 heterocycles. The molecule has 17 heavy (non-hydrogen) atoms. The Morgan fingerprint density at radius 1 is 1.35 bits per heavy atom. The van der Waals surface area contributed by atoms with Crippen LogP contribution in [0.1, 0.15) is 5.56 Å². The number of hydrogen-bond acceptors (Lipinski definition) is 3. The zero-order valence-corrected chi connectivity index (χ0v) is 10.1. The van der Waals surface area contributed by atoms with Crippen LogP contribution in [0.3, 0.4) is 0 Å². The normalized spacial score (nSPS) is 11.9. The molecule has 0 amide bonds. The first-order valence-corrected chi connectivity index (χ1v) is 5.19. The van der Waals surface area contributed by atoms with Crippen LogP contribution in [0.15, 0.2) is 12.1 Å². The second kappa shape index (κ2) is 5.55. The van der Waals surface area contributed by atoms with Gasteiger partial charge in [-0.05, 0) is 20.2 Å². The molecule has 7 heteroatoms. The van der Waals surface area contributed by atoms with Gasteiger partial charge in [0.2, 0.25) is 5.88 Å². The number of pyridine rings is 1. The van der Waals surface area contributed by atoms with E-state index in [1.807, 2.05) is 19.0 Å². The fourth-order valence-electron chi connectivity index (χ4n) is 1.04. The molecule has 0 aliphatic carbocycles. The van der Waals surface area contributed by atoms with E-state index in [0.717, 1.165) is 12.1 Å². The predicted octanol–water partition coefficient (Wildman–Crippen LogP) is 2.69. The molecule has 0 radical (unpaired) electrons. The predicted molar refractivity (Wildman–Crippen MR) is 58.3 cm³/mol. The van der Waals surface area contributed by atoms with Gasteiger partial charge in [-0.25, -0.2) is 4.98 Å². The Morgan fingerprint density at radius 2 is 2.00 bits per heavy atom. The lowest BCUT2D eigenvalue weighted by Gasteiger charge is -2.12. The van der Waals surface area contributed by atoms with E-state index in [0.29, 0.717) is 6.54 Å². The van der Waals surface area contributed by atoms with E-state index in [2.05, 4.69) is 4.98 Å². The molecule has 0 spiro atoms. The van der Waals surface area contributed by atoms with Crippen molar-refractivity contribution in [3.05, 3.63) is 22.8 Å². The Morgan fingerprint density at radius 3 is 2.53 bits per heavy atom. The highest BCUT2D eigenvalue weighted by molar-refractivity contribution is 6.29. The minimum absolute atomic E-state index is 0.119. The van der Waals surface area contributed by atoms with Crippen molar-refractivity contribution in [1.82, 2.24) is 9.88 Å². The van der Waals surface area contributed by atoms with Crippen molar-refractivity contribution < 1.29 is 17.9 Å². The first-order chi connectivity index (χ1) is 7.79. The van der Waals surface area contributed by atoms with Gasteiger partial charge in [-0.3, -0.25) is 0 Å². The summed E-state index contributed by atoms with van der Waals surface area (Å²) in [5.74, 6) is -0.119. The molecule has 0 aliphatic heterocycles. The monoisotopic (exact) mass is 268 g/mol. The topological polar surface area (TPSA) is 25.4 Å². The van der Waals surface area contributed by atoms with E-state index in [1.165, 1.54) is 0 Å². The van der Waals surface area contributed by atoms with Gasteiger partial charge in [-0.1, -0.05) is 11.6 Å². The van der Waals surface area contributed by atoms with Crippen LogP contribution in [0.5, 0.6) is 5.88 Å². The molecule has 1 aromatic heterocycles. The summed E-state index contributed by atoms with van der Waals surface area (Å²) in [4.78, 5) is 5.51. The fraction of sp³-hybridized carbons (Fsp3) is 0.500. The SMILES string of the molecule is CN(C)CCOc1cc(C(F)(F)F)cc(Cl)n1. The summed E-state index contributed by atoms with van der Waals surface area (Å²) in [6, 6.07) is 1.60. The largest absolute Gasteiger partial charge is 0.476 e. The zero-order chi connectivity index (χ0) is 13.1. The second-order valence-electron chi connectivity index (χ2n) is 3.67. The van der Waals surface area contributed by atoms with Crippen LogP contribution >= 0.6 is 11.6 Å². The third kappa shape index (κ3) is 4.79. The van der Waals surface area contributed by atoms with Crippen molar-refractivity contribution in [2.75, 3.05) is 27.2 Å². The second-order valence-corrected chi connectivity index (χ2v) is 4.05. The summed E-state index contributed by atoms with van der Waals surface area (Å²) in [6.07, 6.45) is -4.45. The number of likely N-dealkylation sites (N-methyl/N-ethyl adjacent to an activating group) is 1. The van der Waals surface area contributed by atoms with Crippen LogP contribution in [-0.4, -0.2) is 37.1 Å². The summed E-state index contributed by atoms with van der Waals surface area (Å²) < 4.78 is 42.4. The maximum absolute atomic E-state index is 12.4. The van der Waals surface area contributed by atoms with E-state index in [1.54, 1.807) is 0 Å². The molecule has 0 bridgehead atoms. The maximum Gasteiger partial charge on any atom is 0.416 e. The first-order valence-electron chi connectivity index (χ1n) is 4.81. The summed E-state index contributed by atoms with van der Waals surface area (Å²) >= 11 is 5.50. The molecule has 3 nitrogen and oxygen atoms in total. The highest BCUT2D eigenvalue weighted by Gasteiger charge is 2.31. The summed E-state index contributed by atoms with van der Waals surface area (Å²) in [7, 11) is 3.66. The Bertz CT molecular complexity index is 382. The van der Waals surface area contributed by atoms with Crippen LogP contribution in [0.2, 0.25) is 5.15 Å². The molecule has 0 fully saturated rings. The van der Waals surface area contributed by atoms with Crippen molar-refractivity contribution in [2.24, 2.45) is 0 Å². The van der Waals surface area contributed by atoms with Gasteiger partial charge in [0.15, 0.2) is 0 Å². The van der Waals surface area contributed by atoms with Gasteiger partial charge in [0.1, 0.15) is 11.8 Å². The number of nitrogens with zero attached hydrogens (tertiary/aromatic N) is 2. The maximum atomic E-state index is 12.4. The van der Waals surface area contributed by atoms with E-state index in [-0.39, 0.29) is 17.6 Å². The van der Waals surface area contributed by atoms with Gasteiger partial charge in [0.25, 0.3) is 0 Å². The Kier molecular flexibility index (Phi) is 4.59. The van der Waals surface area contributed by atoms with Crippen molar-refractivity contribution in [1.29, 1.82) is 0 Å². The third-order valence-corrected chi connectivity index (χ3v) is 2.08. The van der Waals surface area contributed by atoms with Gasteiger partial charge >= 0.3 is 6.18 Å². The van der Waals surface area contributed by atoms with E-state index in [4.69, 9.17) is 16.3 Å². The summed E-state index contributed by atoms with van der Waals surface area (Å²) in [6.45, 7) is 0.827. The molecular formula is C10H12ClF3N2O. The van der Waals surface area contributed by atoms with Crippen molar-refractivity contribution >= 4 is 11.6 Å². The lowest BCUT2D eigenvalue weighted by atomic mass is 10.2. The van der Waals surface area contributed by atoms with Gasteiger partial charge in [-0.15, -0.1) is 0 Å². The highest BCUT2D eigenvalue weighted by Crippen LogP contribution is 2.32. The molecular weight excluding hydrogens is 257 g/mol. The van der Waals surface area contributed by atoms with E-state index < -0.39 is 11.7 Å². The molecule has 0 unspecified atom stereocenters. The van der Waals surface area contributed by atoms with E-state index >= 15 is 0 Å². The lowest BCUT2D eigenvalue weighted by molar-refractivity contribution is -0.137. The summed E-state index contributed by atoms with van der Waals surface area (Å²) in [5, 5.41) is -0.236. The van der Waals surface area contributed by atoms with Crippen LogP contribution in [0, 0.1) is 0 Å². The average molecular weight is 269 g/mol. The molecule has 1 aromatic rings. The lowest BCUT2D eigenvalue weighted by Crippen LogP contribution is -2.20.